The second-order valence-corrected chi connectivity index (χ2v) is 7.98. The lowest BCUT2D eigenvalue weighted by atomic mass is 9.92. The lowest BCUT2D eigenvalue weighted by molar-refractivity contribution is -0.0543. The third-order valence-corrected chi connectivity index (χ3v) is 6.22. The van der Waals surface area contributed by atoms with Crippen molar-refractivity contribution in [1.82, 2.24) is 14.1 Å². The summed E-state index contributed by atoms with van der Waals surface area (Å²) in [5.74, 6) is -0.714. The molecule has 2 aromatic heterocycles. The lowest BCUT2D eigenvalue weighted by Crippen LogP contribution is -2.22. The predicted octanol–water partition coefficient (Wildman–Crippen LogP) is 5.49. The monoisotopic (exact) mass is 479 g/mol. The van der Waals surface area contributed by atoms with Gasteiger partial charge in [-0.05, 0) is 41.5 Å². The average Bonchev–Trinajstić information content (AvgIpc) is 3.22. The van der Waals surface area contributed by atoms with Gasteiger partial charge in [0, 0.05) is 36.1 Å². The molecule has 3 heterocycles. The molecule has 2 aromatic carbocycles. The molecule has 33 heavy (non-hydrogen) atoms. The summed E-state index contributed by atoms with van der Waals surface area (Å²) in [6, 6.07) is 10.4. The molecule has 0 saturated heterocycles. The molecule has 0 fully saturated rings. The van der Waals surface area contributed by atoms with Crippen LogP contribution in [0.2, 0.25) is 0 Å². The van der Waals surface area contributed by atoms with Gasteiger partial charge in [-0.25, -0.2) is 0 Å². The number of aromatic nitrogens is 3. The molecule has 0 bridgehead atoms. The van der Waals surface area contributed by atoms with E-state index >= 15 is 0 Å². The summed E-state index contributed by atoms with van der Waals surface area (Å²) < 4.78 is 64.2. The minimum absolute atomic E-state index is 0.0371. The number of hydrogen-bond acceptors (Lipinski definition) is 4. The Balaban J connectivity index is 1.79. The van der Waals surface area contributed by atoms with E-state index in [0.29, 0.717) is 23.4 Å². The Morgan fingerprint density at radius 2 is 1.70 bits per heavy atom. The minimum atomic E-state index is -3.16. The molecule has 4 aromatic rings. The van der Waals surface area contributed by atoms with Gasteiger partial charge >= 0.3 is 13.2 Å². The lowest BCUT2D eigenvalue weighted by Gasteiger charge is -2.27. The first-order chi connectivity index (χ1) is 15.7. The largest absolute Gasteiger partial charge is 0.493 e. The highest BCUT2D eigenvalue weighted by Gasteiger charge is 2.34. The maximum atomic E-state index is 13.0. The van der Waals surface area contributed by atoms with Gasteiger partial charge in [-0.3, -0.25) is 4.57 Å². The Morgan fingerprint density at radius 3 is 2.33 bits per heavy atom. The number of benzene rings is 2. The Morgan fingerprint density at radius 1 is 1.06 bits per heavy atom. The fraction of sp³-hybridized carbons (Fsp3) is 0.227. The highest BCUT2D eigenvalue weighted by atomic mass is 32.1. The van der Waals surface area contributed by atoms with Gasteiger partial charge in [-0.1, -0.05) is 18.2 Å². The molecule has 0 aliphatic carbocycles. The predicted molar refractivity (Wildman–Crippen MR) is 114 cm³/mol. The molecule has 1 aliphatic rings. The Hall–Kier alpha value is -3.47. The topological polar surface area (TPSA) is 64.3 Å². The van der Waals surface area contributed by atoms with Crippen molar-refractivity contribution in [2.75, 3.05) is 0 Å². The fourth-order valence-corrected chi connectivity index (χ4v) is 4.75. The maximum absolute atomic E-state index is 13.0. The molecular weight excluding hydrogens is 462 g/mol. The van der Waals surface area contributed by atoms with Gasteiger partial charge in [0.1, 0.15) is 17.5 Å². The molecule has 172 valence electrons. The molecular formula is C22H17F4N3O3S. The van der Waals surface area contributed by atoms with E-state index in [1.54, 1.807) is 11.6 Å². The molecule has 1 atom stereocenters. The first kappa shape index (κ1) is 21.4. The maximum Gasteiger partial charge on any atom is 0.387 e. The SMILES string of the molecule is Cn1c(O)c2n(c1=S)[C@H](c1cc(OC(F)F)cc(OC(F)F)c1)c1[nH]c3ccccc3c1C2. The summed E-state index contributed by atoms with van der Waals surface area (Å²) in [5.41, 5.74) is 3.24. The van der Waals surface area contributed by atoms with Gasteiger partial charge in [-0.2, -0.15) is 17.6 Å². The number of hydrogen-bond donors (Lipinski definition) is 2. The van der Waals surface area contributed by atoms with E-state index in [-0.39, 0.29) is 22.2 Å². The van der Waals surface area contributed by atoms with Gasteiger partial charge in [0.15, 0.2) is 4.77 Å². The Bertz CT molecular complexity index is 1400. The van der Waals surface area contributed by atoms with E-state index < -0.39 is 19.3 Å². The van der Waals surface area contributed by atoms with Crippen molar-refractivity contribution in [3.63, 3.8) is 0 Å². The summed E-state index contributed by atoms with van der Waals surface area (Å²) in [6.45, 7) is -6.32. The van der Waals surface area contributed by atoms with Crippen LogP contribution in [-0.2, 0) is 13.5 Å². The normalized spacial score (nSPS) is 15.2. The summed E-state index contributed by atoms with van der Waals surface area (Å²) in [7, 11) is 1.61. The van der Waals surface area contributed by atoms with Crippen molar-refractivity contribution in [3.8, 4) is 17.4 Å². The minimum Gasteiger partial charge on any atom is -0.493 e. The number of ether oxygens (including phenoxy) is 2. The standard InChI is InChI=1S/C22H17F4N3O3S/c1-28-19(30)16-9-14-13-4-2-3-5-15(13)27-17(14)18(29(16)22(28)33)10-6-11(31-20(23)24)8-12(7-10)32-21(25)26/h2-8,18,20-21,27,30H,9H2,1H3/t18-/m1/s1. The Labute approximate surface area is 189 Å². The summed E-state index contributed by atoms with van der Waals surface area (Å²) in [5, 5.41) is 11.6. The van der Waals surface area contributed by atoms with E-state index in [1.165, 1.54) is 16.7 Å². The van der Waals surface area contributed by atoms with Crippen LogP contribution in [0.3, 0.4) is 0 Å². The van der Waals surface area contributed by atoms with Crippen molar-refractivity contribution >= 4 is 23.1 Å². The number of fused-ring (bicyclic) bond motifs is 4. The second kappa shape index (κ2) is 7.84. The number of halogens is 4. The van der Waals surface area contributed by atoms with Gasteiger partial charge in [0.25, 0.3) is 0 Å². The van der Waals surface area contributed by atoms with Crippen molar-refractivity contribution in [3.05, 3.63) is 69.8 Å². The first-order valence-electron chi connectivity index (χ1n) is 9.87. The highest BCUT2D eigenvalue weighted by molar-refractivity contribution is 7.71. The Kier molecular flexibility index (Phi) is 5.08. The third kappa shape index (κ3) is 3.52. The second-order valence-electron chi connectivity index (χ2n) is 7.62. The molecule has 6 nitrogen and oxygen atoms in total. The average molecular weight is 479 g/mol. The van der Waals surface area contributed by atoms with E-state index in [2.05, 4.69) is 14.5 Å². The van der Waals surface area contributed by atoms with Crippen LogP contribution in [-0.4, -0.2) is 32.4 Å². The van der Waals surface area contributed by atoms with Crippen molar-refractivity contribution < 1.29 is 32.1 Å². The number of para-hydroxylation sites is 1. The van der Waals surface area contributed by atoms with Crippen LogP contribution in [0.4, 0.5) is 17.6 Å². The van der Waals surface area contributed by atoms with Crippen LogP contribution in [0.25, 0.3) is 10.9 Å². The van der Waals surface area contributed by atoms with Gasteiger partial charge in [0.05, 0.1) is 5.69 Å². The number of H-pyrrole nitrogens is 1. The van der Waals surface area contributed by atoms with E-state index in [4.69, 9.17) is 12.2 Å². The number of nitrogens with zero attached hydrogens (tertiary/aromatic N) is 2. The van der Waals surface area contributed by atoms with Crippen LogP contribution in [0.1, 0.15) is 28.6 Å². The zero-order valence-corrected chi connectivity index (χ0v) is 17.9. The number of aromatic hydroxyl groups is 1. The molecule has 1 aliphatic heterocycles. The van der Waals surface area contributed by atoms with Crippen molar-refractivity contribution in [2.24, 2.45) is 7.05 Å². The number of aromatic amines is 1. The number of nitrogens with one attached hydrogen (secondary N) is 1. The number of alkyl halides is 4. The van der Waals surface area contributed by atoms with Gasteiger partial charge in [-0.15, -0.1) is 0 Å². The van der Waals surface area contributed by atoms with Gasteiger partial charge < -0.3 is 24.1 Å². The number of imidazole rings is 1. The summed E-state index contributed by atoms with van der Waals surface area (Å²) in [6.07, 6.45) is 0.361. The number of rotatable bonds is 5. The van der Waals surface area contributed by atoms with Crippen molar-refractivity contribution in [2.45, 2.75) is 25.7 Å². The summed E-state index contributed by atoms with van der Waals surface area (Å²) >= 11 is 5.54. The molecule has 0 radical (unpaired) electrons. The van der Waals surface area contributed by atoms with Crippen molar-refractivity contribution in [1.29, 1.82) is 0 Å². The molecule has 5 rings (SSSR count). The smallest absolute Gasteiger partial charge is 0.387 e. The van der Waals surface area contributed by atoms with Crippen LogP contribution < -0.4 is 9.47 Å². The first-order valence-corrected chi connectivity index (χ1v) is 10.3. The molecule has 0 unspecified atom stereocenters. The van der Waals surface area contributed by atoms with Gasteiger partial charge in [0.2, 0.25) is 5.88 Å². The van der Waals surface area contributed by atoms with Crippen LogP contribution >= 0.6 is 12.2 Å². The van der Waals surface area contributed by atoms with Crippen LogP contribution in [0.15, 0.2) is 42.5 Å². The van der Waals surface area contributed by atoms with E-state index in [9.17, 15) is 22.7 Å². The van der Waals surface area contributed by atoms with Crippen LogP contribution in [0, 0.1) is 4.77 Å². The molecule has 0 spiro atoms. The zero-order chi connectivity index (χ0) is 23.4. The van der Waals surface area contributed by atoms with E-state index in [0.717, 1.165) is 22.5 Å². The molecule has 11 heteroatoms. The molecule has 0 saturated carbocycles. The fourth-order valence-electron chi connectivity index (χ4n) is 4.45. The van der Waals surface area contributed by atoms with Crippen LogP contribution in [0.5, 0.6) is 17.4 Å². The zero-order valence-electron chi connectivity index (χ0n) is 17.1. The third-order valence-electron chi connectivity index (χ3n) is 5.75. The summed E-state index contributed by atoms with van der Waals surface area (Å²) in [4.78, 5) is 3.35. The van der Waals surface area contributed by atoms with E-state index in [1.807, 2.05) is 24.3 Å². The quantitative estimate of drug-likeness (QED) is 0.259. The molecule has 0 amide bonds. The molecule has 2 N–H and O–H groups in total. The highest BCUT2D eigenvalue weighted by Crippen LogP contribution is 2.44.